The Morgan fingerprint density at radius 3 is 2.58 bits per heavy atom. The molecule has 0 saturated carbocycles. The second kappa shape index (κ2) is 17.0. The average molecular weight is 748 g/mol. The van der Waals surface area contributed by atoms with Gasteiger partial charge in [0.05, 0.1) is 11.3 Å². The summed E-state index contributed by atoms with van der Waals surface area (Å²) in [4.78, 5) is 56.2. The molecule has 1 N–H and O–H groups in total. The molecule has 3 aliphatic rings. The van der Waals surface area contributed by atoms with Crippen molar-refractivity contribution < 1.29 is 33.8 Å². The van der Waals surface area contributed by atoms with Gasteiger partial charge in [0.25, 0.3) is 0 Å². The normalized spacial score (nSPS) is 21.6. The molecular weight excluding hydrogens is 695 g/mol. The van der Waals surface area contributed by atoms with E-state index in [4.69, 9.17) is 9.47 Å². The first-order valence-corrected chi connectivity index (χ1v) is 20.4. The van der Waals surface area contributed by atoms with Crippen LogP contribution in [0.2, 0.25) is 0 Å². The van der Waals surface area contributed by atoms with Crippen LogP contribution < -0.4 is 4.74 Å². The van der Waals surface area contributed by atoms with Gasteiger partial charge in [0, 0.05) is 41.4 Å². The van der Waals surface area contributed by atoms with Crippen LogP contribution in [-0.4, -0.2) is 50.4 Å². The van der Waals surface area contributed by atoms with Gasteiger partial charge in [-0.15, -0.1) is 23.1 Å². The Morgan fingerprint density at radius 2 is 1.90 bits per heavy atom. The van der Waals surface area contributed by atoms with Crippen molar-refractivity contribution in [2.24, 2.45) is 11.8 Å². The van der Waals surface area contributed by atoms with E-state index >= 15 is 0 Å². The molecule has 1 amide bonds. The second-order valence-electron chi connectivity index (χ2n) is 15.5. The minimum absolute atomic E-state index is 0.00863. The fraction of sp³-hybridized carbons (Fsp3) is 0.524. The molecule has 1 aromatic heterocycles. The third-order valence-corrected chi connectivity index (χ3v) is 12.2. The first-order valence-electron chi connectivity index (χ1n) is 18.5. The summed E-state index contributed by atoms with van der Waals surface area (Å²) >= 11 is 3.02. The molecular formula is C42H53NO7S2. The van der Waals surface area contributed by atoms with Crippen LogP contribution >= 0.6 is 23.1 Å². The number of carbonyl (C=O) groups excluding carboxylic acids is 4. The molecule has 0 unspecified atom stereocenters. The number of phenolic OH excluding ortho intramolecular Hbond substituents is 1. The molecule has 2 aromatic rings. The Bertz CT molecular complexity index is 1750. The number of thioether (sulfide) groups is 1. The van der Waals surface area contributed by atoms with Crippen LogP contribution in [0.15, 0.2) is 64.7 Å². The van der Waals surface area contributed by atoms with Crippen molar-refractivity contribution in [3.05, 3.63) is 80.7 Å². The zero-order valence-electron chi connectivity index (χ0n) is 31.4. The van der Waals surface area contributed by atoms with Crippen LogP contribution in [0.1, 0.15) is 115 Å². The Balaban J connectivity index is 1.37. The molecule has 2 aliphatic heterocycles. The van der Waals surface area contributed by atoms with Crippen LogP contribution in [0.4, 0.5) is 0 Å². The summed E-state index contributed by atoms with van der Waals surface area (Å²) in [5.41, 5.74) is 3.74. The van der Waals surface area contributed by atoms with E-state index < -0.39 is 23.5 Å². The number of ketones is 1. The lowest BCUT2D eigenvalue weighted by Crippen LogP contribution is -2.62. The molecule has 0 bridgehead atoms. The molecule has 10 heteroatoms. The van der Waals surface area contributed by atoms with E-state index in [2.05, 4.69) is 26.5 Å². The number of amides is 1. The Morgan fingerprint density at radius 1 is 1.13 bits per heavy atom. The smallest absolute Gasteiger partial charge is 0.355 e. The van der Waals surface area contributed by atoms with Crippen molar-refractivity contribution in [1.82, 2.24) is 4.90 Å². The van der Waals surface area contributed by atoms with Crippen molar-refractivity contribution in [1.29, 1.82) is 0 Å². The Hall–Kier alpha value is -3.63. The highest BCUT2D eigenvalue weighted by Crippen LogP contribution is 2.48. The molecule has 0 radical (unpaired) electrons. The van der Waals surface area contributed by atoms with E-state index in [1.807, 2.05) is 30.5 Å². The predicted octanol–water partition coefficient (Wildman–Crippen LogP) is 9.22. The molecule has 3 heterocycles. The van der Waals surface area contributed by atoms with Crippen LogP contribution in [0.3, 0.4) is 0 Å². The van der Waals surface area contributed by atoms with Crippen LogP contribution in [0, 0.1) is 11.8 Å². The lowest BCUT2D eigenvalue weighted by Gasteiger charge is -2.50. The fourth-order valence-corrected chi connectivity index (χ4v) is 9.58. The third kappa shape index (κ3) is 9.47. The number of Topliss-reactive ketones (excluding diaryl/α,β-unsaturated/α-hetero) is 1. The first-order chi connectivity index (χ1) is 24.7. The van der Waals surface area contributed by atoms with E-state index in [-0.39, 0.29) is 66.0 Å². The van der Waals surface area contributed by atoms with Gasteiger partial charge in [-0.25, -0.2) is 4.79 Å². The molecule has 1 aromatic carbocycles. The second-order valence-corrected chi connectivity index (χ2v) is 17.6. The molecule has 8 nitrogen and oxygen atoms in total. The van der Waals surface area contributed by atoms with Gasteiger partial charge in [-0.1, -0.05) is 49.6 Å². The van der Waals surface area contributed by atoms with Crippen molar-refractivity contribution in [2.75, 3.05) is 5.75 Å². The third-order valence-electron chi connectivity index (χ3n) is 9.97. The van der Waals surface area contributed by atoms with Gasteiger partial charge in [0.15, 0.2) is 0 Å². The van der Waals surface area contributed by atoms with E-state index in [1.165, 1.54) is 33.6 Å². The molecule has 52 heavy (non-hydrogen) atoms. The Kier molecular flexibility index (Phi) is 12.9. The van der Waals surface area contributed by atoms with Gasteiger partial charge < -0.3 is 14.6 Å². The number of phenols is 1. The summed E-state index contributed by atoms with van der Waals surface area (Å²) < 4.78 is 11.9. The topological polar surface area (TPSA) is 110 Å². The number of aryl methyl sites for hydroxylation is 1. The van der Waals surface area contributed by atoms with Crippen molar-refractivity contribution in [3.8, 4) is 11.5 Å². The fourth-order valence-electron chi connectivity index (χ4n) is 7.39. The molecule has 4 atom stereocenters. The van der Waals surface area contributed by atoms with Crippen LogP contribution in [-0.2, 0) is 36.8 Å². The monoisotopic (exact) mass is 747 g/mol. The number of hydrogen-bond acceptors (Lipinski definition) is 9. The van der Waals surface area contributed by atoms with Gasteiger partial charge in [0.2, 0.25) is 5.91 Å². The standard InChI is InChI=1S/C42H53NO7S2/c1-8-9-10-12-27-20-34(45)37(32-19-26(4)14-16-31(32)25(2)3)35(21-27)49-36(46)17-15-28-24-52-40-33(23-29(44)22-30-13-11-18-51-30)39(47)43(40)38(28)41(48)50-42(5,6)7/h11,13,18-21,31-33,40,45H,2,8-10,12,14-17,22-24H2,1,3-7H3/t31-,32+,33+,40+/m0/s1. The number of β-lactam (4-membered cyclic amide) rings is 1. The highest BCUT2D eigenvalue weighted by atomic mass is 32.2. The van der Waals surface area contributed by atoms with Gasteiger partial charge >= 0.3 is 11.9 Å². The number of fused-ring (bicyclic) bond motifs is 1. The lowest BCUT2D eigenvalue weighted by molar-refractivity contribution is -0.161. The molecule has 5 rings (SSSR count). The number of aromatic hydroxyl groups is 1. The zero-order valence-corrected chi connectivity index (χ0v) is 33.1. The molecule has 1 saturated heterocycles. The maximum absolute atomic E-state index is 13.7. The maximum atomic E-state index is 13.7. The number of allylic oxidation sites excluding steroid dienone is 3. The number of carbonyl (C=O) groups is 4. The summed E-state index contributed by atoms with van der Waals surface area (Å²) in [6.45, 7) is 15.8. The first kappa shape index (κ1) is 39.6. The summed E-state index contributed by atoms with van der Waals surface area (Å²) in [5, 5.41) is 13.0. The predicted molar refractivity (Wildman–Crippen MR) is 207 cm³/mol. The summed E-state index contributed by atoms with van der Waals surface area (Å²) in [6.07, 6.45) is 8.38. The maximum Gasteiger partial charge on any atom is 0.355 e. The Labute approximate surface area is 316 Å². The van der Waals surface area contributed by atoms with E-state index in [0.29, 0.717) is 22.6 Å². The largest absolute Gasteiger partial charge is 0.507 e. The summed E-state index contributed by atoms with van der Waals surface area (Å²) in [5.74, 6) is -1.12. The lowest BCUT2D eigenvalue weighted by atomic mass is 9.73. The number of rotatable bonds is 15. The van der Waals surface area contributed by atoms with E-state index in [9.17, 15) is 24.3 Å². The number of hydrogen-bond donors (Lipinski definition) is 1. The van der Waals surface area contributed by atoms with Gasteiger partial charge in [-0.05, 0) is 107 Å². The van der Waals surface area contributed by atoms with Crippen LogP contribution in [0.5, 0.6) is 11.5 Å². The van der Waals surface area contributed by atoms with Gasteiger partial charge in [-0.2, -0.15) is 0 Å². The number of benzene rings is 1. The quantitative estimate of drug-likeness (QED) is 0.0632. The van der Waals surface area contributed by atoms with E-state index in [1.54, 1.807) is 26.8 Å². The minimum atomic E-state index is -0.799. The number of thiophene rings is 1. The van der Waals surface area contributed by atoms with Gasteiger partial charge in [0.1, 0.15) is 28.6 Å². The summed E-state index contributed by atoms with van der Waals surface area (Å²) in [7, 11) is 0. The minimum Gasteiger partial charge on any atom is -0.507 e. The number of esters is 2. The zero-order chi connectivity index (χ0) is 37.7. The number of nitrogens with zero attached hydrogens (tertiary/aromatic N) is 1. The van der Waals surface area contributed by atoms with E-state index in [0.717, 1.165) is 54.5 Å². The molecule has 1 fully saturated rings. The van der Waals surface area contributed by atoms with Crippen LogP contribution in [0.25, 0.3) is 0 Å². The van der Waals surface area contributed by atoms with Crippen molar-refractivity contribution >= 4 is 46.7 Å². The van der Waals surface area contributed by atoms with Gasteiger partial charge in [-0.3, -0.25) is 19.3 Å². The SMILES string of the molecule is C=C(C)[C@@H]1CCC(C)=C[C@H]1c1c(O)cc(CCCCC)cc1OC(=O)CCC1=C(C(=O)OC(C)(C)C)N2C(=O)[C@@H](CC(=O)Cc3cccs3)[C@H]2SC1. The number of ether oxygens (including phenoxy) is 2. The highest BCUT2D eigenvalue weighted by molar-refractivity contribution is 8.00. The van der Waals surface area contributed by atoms with Crippen molar-refractivity contribution in [3.63, 3.8) is 0 Å². The molecule has 0 spiro atoms. The van der Waals surface area contributed by atoms with Crippen molar-refractivity contribution in [2.45, 2.75) is 123 Å². The number of unbranched alkanes of at least 4 members (excludes halogenated alkanes) is 2. The molecule has 1 aliphatic carbocycles. The summed E-state index contributed by atoms with van der Waals surface area (Å²) in [6, 6.07) is 7.50. The molecule has 280 valence electrons. The highest BCUT2D eigenvalue weighted by Gasteiger charge is 2.54. The average Bonchev–Trinajstić information content (AvgIpc) is 3.57.